The topological polar surface area (TPSA) is 52.3 Å². The van der Waals surface area contributed by atoms with Crippen molar-refractivity contribution in [2.45, 2.75) is 0 Å². The van der Waals surface area contributed by atoms with E-state index in [-0.39, 0.29) is 0 Å². The SMILES string of the molecule is COC(=O)c1cc(C=CCN)ccc1Cl. The second kappa shape index (κ2) is 5.53. The van der Waals surface area contributed by atoms with E-state index in [1.165, 1.54) is 7.11 Å². The van der Waals surface area contributed by atoms with Gasteiger partial charge in [0.15, 0.2) is 0 Å². The molecule has 0 bridgehead atoms. The fraction of sp³-hybridized carbons (Fsp3) is 0.182. The summed E-state index contributed by atoms with van der Waals surface area (Å²) in [6.07, 6.45) is 3.62. The lowest BCUT2D eigenvalue weighted by molar-refractivity contribution is 0.0601. The number of ether oxygens (including phenoxy) is 1. The summed E-state index contributed by atoms with van der Waals surface area (Å²) in [6.45, 7) is 0.455. The highest BCUT2D eigenvalue weighted by Crippen LogP contribution is 2.19. The van der Waals surface area contributed by atoms with Gasteiger partial charge in [0.1, 0.15) is 0 Å². The molecule has 15 heavy (non-hydrogen) atoms. The summed E-state index contributed by atoms with van der Waals surface area (Å²) in [5.41, 5.74) is 6.55. The lowest BCUT2D eigenvalue weighted by Gasteiger charge is -2.03. The molecule has 0 aliphatic rings. The van der Waals surface area contributed by atoms with E-state index in [9.17, 15) is 4.79 Å². The molecule has 0 atom stereocenters. The number of halogens is 1. The number of nitrogens with two attached hydrogens (primary N) is 1. The van der Waals surface area contributed by atoms with Gasteiger partial charge < -0.3 is 10.5 Å². The number of esters is 1. The maximum Gasteiger partial charge on any atom is 0.339 e. The molecular weight excluding hydrogens is 214 g/mol. The van der Waals surface area contributed by atoms with Gasteiger partial charge in [-0.3, -0.25) is 0 Å². The van der Waals surface area contributed by atoms with Crippen LogP contribution in [0.2, 0.25) is 5.02 Å². The van der Waals surface area contributed by atoms with Gasteiger partial charge in [-0.15, -0.1) is 0 Å². The van der Waals surface area contributed by atoms with Crippen LogP contribution >= 0.6 is 11.6 Å². The molecule has 0 saturated carbocycles. The minimum absolute atomic E-state index is 0.360. The highest BCUT2D eigenvalue weighted by Gasteiger charge is 2.10. The van der Waals surface area contributed by atoms with Gasteiger partial charge in [-0.1, -0.05) is 29.8 Å². The van der Waals surface area contributed by atoms with Gasteiger partial charge in [0.05, 0.1) is 17.7 Å². The van der Waals surface area contributed by atoms with Crippen LogP contribution in [0.5, 0.6) is 0 Å². The molecule has 0 spiro atoms. The lowest BCUT2D eigenvalue weighted by Crippen LogP contribution is -2.02. The Kier molecular flexibility index (Phi) is 4.34. The van der Waals surface area contributed by atoms with Crippen LogP contribution in [0.3, 0.4) is 0 Å². The Labute approximate surface area is 93.5 Å². The zero-order valence-electron chi connectivity index (χ0n) is 8.37. The number of carbonyl (C=O) groups is 1. The molecule has 1 aromatic rings. The van der Waals surface area contributed by atoms with Crippen LogP contribution in [-0.2, 0) is 4.74 Å². The predicted molar refractivity (Wildman–Crippen MR) is 60.9 cm³/mol. The Bertz CT molecular complexity index is 388. The van der Waals surface area contributed by atoms with Crippen LogP contribution in [0.1, 0.15) is 15.9 Å². The first kappa shape index (κ1) is 11.8. The average molecular weight is 226 g/mol. The van der Waals surface area contributed by atoms with E-state index in [0.717, 1.165) is 5.56 Å². The van der Waals surface area contributed by atoms with Crippen molar-refractivity contribution in [2.24, 2.45) is 5.73 Å². The van der Waals surface area contributed by atoms with Crippen LogP contribution in [0, 0.1) is 0 Å². The normalized spacial score (nSPS) is 10.6. The fourth-order valence-electron chi connectivity index (χ4n) is 1.12. The third-order valence-corrected chi connectivity index (χ3v) is 2.17. The number of rotatable bonds is 3. The van der Waals surface area contributed by atoms with E-state index >= 15 is 0 Å². The standard InChI is InChI=1S/C11H12ClNO2/c1-15-11(14)9-7-8(3-2-6-13)4-5-10(9)12/h2-5,7H,6,13H2,1H3. The molecule has 1 rings (SSSR count). The number of methoxy groups -OCH3 is 1. The third-order valence-electron chi connectivity index (χ3n) is 1.84. The molecule has 0 amide bonds. The molecule has 0 unspecified atom stereocenters. The predicted octanol–water partition coefficient (Wildman–Crippen LogP) is 2.10. The van der Waals surface area contributed by atoms with Crippen molar-refractivity contribution in [3.05, 3.63) is 40.4 Å². The first-order valence-corrected chi connectivity index (χ1v) is 4.81. The van der Waals surface area contributed by atoms with Crippen LogP contribution in [0.25, 0.3) is 6.08 Å². The number of hydrogen-bond donors (Lipinski definition) is 1. The van der Waals surface area contributed by atoms with Crippen LogP contribution < -0.4 is 5.73 Å². The van der Waals surface area contributed by atoms with E-state index in [4.69, 9.17) is 17.3 Å². The van der Waals surface area contributed by atoms with Crippen LogP contribution in [-0.4, -0.2) is 19.6 Å². The van der Waals surface area contributed by atoms with Crippen molar-refractivity contribution >= 4 is 23.6 Å². The molecular formula is C11H12ClNO2. The smallest absolute Gasteiger partial charge is 0.339 e. The number of hydrogen-bond acceptors (Lipinski definition) is 3. The molecule has 0 aliphatic heterocycles. The summed E-state index contributed by atoms with van der Waals surface area (Å²) in [5, 5.41) is 0.381. The van der Waals surface area contributed by atoms with E-state index < -0.39 is 5.97 Å². The number of benzene rings is 1. The Morgan fingerprint density at radius 3 is 2.93 bits per heavy atom. The molecule has 0 fully saturated rings. The summed E-state index contributed by atoms with van der Waals surface area (Å²) in [6, 6.07) is 5.13. The quantitative estimate of drug-likeness (QED) is 0.802. The van der Waals surface area contributed by atoms with Gasteiger partial charge in [0, 0.05) is 6.54 Å². The highest BCUT2D eigenvalue weighted by molar-refractivity contribution is 6.33. The van der Waals surface area contributed by atoms with Gasteiger partial charge in [0.25, 0.3) is 0 Å². The molecule has 0 aliphatic carbocycles. The Hall–Kier alpha value is -1.32. The summed E-state index contributed by atoms with van der Waals surface area (Å²) in [5.74, 6) is -0.442. The zero-order chi connectivity index (χ0) is 11.3. The Morgan fingerprint density at radius 1 is 1.60 bits per heavy atom. The van der Waals surface area contributed by atoms with Crippen molar-refractivity contribution in [3.63, 3.8) is 0 Å². The van der Waals surface area contributed by atoms with Crippen molar-refractivity contribution in [3.8, 4) is 0 Å². The van der Waals surface area contributed by atoms with Crippen molar-refractivity contribution in [1.29, 1.82) is 0 Å². The zero-order valence-corrected chi connectivity index (χ0v) is 9.12. The van der Waals surface area contributed by atoms with Gasteiger partial charge >= 0.3 is 5.97 Å². The maximum absolute atomic E-state index is 11.3. The first-order valence-electron chi connectivity index (χ1n) is 4.43. The van der Waals surface area contributed by atoms with Gasteiger partial charge in [-0.25, -0.2) is 4.79 Å². The van der Waals surface area contributed by atoms with Gasteiger partial charge in [-0.2, -0.15) is 0 Å². The number of carbonyl (C=O) groups excluding carboxylic acids is 1. The Morgan fingerprint density at radius 2 is 2.33 bits per heavy atom. The largest absolute Gasteiger partial charge is 0.465 e. The monoisotopic (exact) mass is 225 g/mol. The molecule has 4 heteroatoms. The molecule has 80 valence electrons. The van der Waals surface area contributed by atoms with Crippen LogP contribution in [0.4, 0.5) is 0 Å². The third kappa shape index (κ3) is 3.08. The van der Waals surface area contributed by atoms with Crippen LogP contribution in [0.15, 0.2) is 24.3 Å². The molecule has 0 aromatic heterocycles. The van der Waals surface area contributed by atoms with Crippen molar-refractivity contribution in [2.75, 3.05) is 13.7 Å². The molecule has 0 radical (unpaired) electrons. The van der Waals surface area contributed by atoms with E-state index in [0.29, 0.717) is 17.1 Å². The molecule has 0 heterocycles. The fourth-order valence-corrected chi connectivity index (χ4v) is 1.31. The van der Waals surface area contributed by atoms with Gasteiger partial charge in [0.2, 0.25) is 0 Å². The summed E-state index contributed by atoms with van der Waals surface area (Å²) < 4.78 is 4.60. The second-order valence-corrected chi connectivity index (χ2v) is 3.28. The van der Waals surface area contributed by atoms with Gasteiger partial charge in [-0.05, 0) is 17.7 Å². The van der Waals surface area contributed by atoms with E-state index in [2.05, 4.69) is 4.74 Å². The average Bonchev–Trinajstić information content (AvgIpc) is 2.27. The molecule has 1 aromatic carbocycles. The van der Waals surface area contributed by atoms with E-state index in [1.54, 1.807) is 24.3 Å². The van der Waals surface area contributed by atoms with Crippen molar-refractivity contribution in [1.82, 2.24) is 0 Å². The summed E-state index contributed by atoms with van der Waals surface area (Å²) >= 11 is 5.85. The molecule has 0 saturated heterocycles. The first-order chi connectivity index (χ1) is 7.19. The highest BCUT2D eigenvalue weighted by atomic mass is 35.5. The maximum atomic E-state index is 11.3. The minimum Gasteiger partial charge on any atom is -0.465 e. The minimum atomic E-state index is -0.442. The Balaban J connectivity index is 3.05. The van der Waals surface area contributed by atoms with Crippen molar-refractivity contribution < 1.29 is 9.53 Å². The second-order valence-electron chi connectivity index (χ2n) is 2.87. The van der Waals surface area contributed by atoms with E-state index in [1.807, 2.05) is 6.08 Å². The molecule has 3 nitrogen and oxygen atoms in total. The summed E-state index contributed by atoms with van der Waals surface area (Å²) in [7, 11) is 1.32. The molecule has 2 N–H and O–H groups in total. The lowest BCUT2D eigenvalue weighted by atomic mass is 10.1. The summed E-state index contributed by atoms with van der Waals surface area (Å²) in [4.78, 5) is 11.3.